The Morgan fingerprint density at radius 3 is 2.76 bits per heavy atom. The first-order chi connectivity index (χ1) is 10.1. The fourth-order valence-corrected chi connectivity index (χ4v) is 2.91. The van der Waals surface area contributed by atoms with E-state index < -0.39 is 5.97 Å². The summed E-state index contributed by atoms with van der Waals surface area (Å²) < 4.78 is 0. The van der Waals surface area contributed by atoms with Crippen LogP contribution in [0.2, 0.25) is 0 Å². The van der Waals surface area contributed by atoms with E-state index in [4.69, 9.17) is 5.11 Å². The van der Waals surface area contributed by atoms with E-state index in [-0.39, 0.29) is 24.3 Å². The van der Waals surface area contributed by atoms with Gasteiger partial charge in [-0.1, -0.05) is 24.3 Å². The first-order valence-corrected chi connectivity index (χ1v) is 7.65. The zero-order valence-electron chi connectivity index (χ0n) is 12.5. The third kappa shape index (κ3) is 4.59. The summed E-state index contributed by atoms with van der Waals surface area (Å²) in [6, 6.07) is 8.34. The van der Waals surface area contributed by atoms with Crippen LogP contribution in [0.25, 0.3) is 0 Å². The van der Waals surface area contributed by atoms with Crippen LogP contribution in [0.15, 0.2) is 24.3 Å². The molecule has 0 fully saturated rings. The van der Waals surface area contributed by atoms with E-state index in [1.54, 1.807) is 0 Å². The maximum atomic E-state index is 12.3. The molecule has 0 spiro atoms. The predicted molar refractivity (Wildman–Crippen MR) is 81.0 cm³/mol. The molecule has 0 aromatic heterocycles. The van der Waals surface area contributed by atoms with Gasteiger partial charge in [-0.2, -0.15) is 0 Å². The van der Waals surface area contributed by atoms with E-state index >= 15 is 0 Å². The standard InChI is InChI=1S/C17H23NO3/c1-12(5-4-8-16(19)20)18-17(21)15-10-9-13-6-2-3-7-14(13)11-15/h2-3,6-7,12,15H,4-5,8-11H2,1H3,(H,18,21)(H,19,20). The third-order valence-corrected chi connectivity index (χ3v) is 4.13. The van der Waals surface area contributed by atoms with Crippen molar-refractivity contribution in [2.75, 3.05) is 0 Å². The predicted octanol–water partition coefficient (Wildman–Crippen LogP) is 2.55. The Labute approximate surface area is 125 Å². The van der Waals surface area contributed by atoms with E-state index in [1.807, 2.05) is 19.1 Å². The van der Waals surface area contributed by atoms with Gasteiger partial charge < -0.3 is 10.4 Å². The number of carbonyl (C=O) groups excluding carboxylic acids is 1. The van der Waals surface area contributed by atoms with Crippen molar-refractivity contribution in [2.24, 2.45) is 5.92 Å². The Balaban J connectivity index is 1.80. The van der Waals surface area contributed by atoms with Crippen molar-refractivity contribution in [2.45, 2.75) is 51.5 Å². The van der Waals surface area contributed by atoms with E-state index in [9.17, 15) is 9.59 Å². The molecule has 2 rings (SSSR count). The van der Waals surface area contributed by atoms with Crippen molar-refractivity contribution in [1.82, 2.24) is 5.32 Å². The molecule has 114 valence electrons. The molecule has 2 unspecified atom stereocenters. The van der Waals surface area contributed by atoms with E-state index in [2.05, 4.69) is 17.4 Å². The van der Waals surface area contributed by atoms with Gasteiger partial charge in [0.25, 0.3) is 0 Å². The van der Waals surface area contributed by atoms with Crippen LogP contribution >= 0.6 is 0 Å². The molecule has 1 aliphatic carbocycles. The number of nitrogens with one attached hydrogen (secondary N) is 1. The molecule has 21 heavy (non-hydrogen) atoms. The molecule has 0 heterocycles. The molecular weight excluding hydrogens is 266 g/mol. The normalized spacial score (nSPS) is 18.6. The van der Waals surface area contributed by atoms with Crippen LogP contribution in [0, 0.1) is 5.92 Å². The monoisotopic (exact) mass is 289 g/mol. The minimum atomic E-state index is -0.780. The number of amides is 1. The Morgan fingerprint density at radius 1 is 1.33 bits per heavy atom. The van der Waals surface area contributed by atoms with Gasteiger partial charge in [-0.3, -0.25) is 9.59 Å². The lowest BCUT2D eigenvalue weighted by Gasteiger charge is -2.25. The molecule has 4 heteroatoms. The molecule has 0 saturated carbocycles. The number of rotatable bonds is 6. The third-order valence-electron chi connectivity index (χ3n) is 4.13. The second-order valence-electron chi connectivity index (χ2n) is 5.90. The number of fused-ring (bicyclic) bond motifs is 1. The van der Waals surface area contributed by atoms with Gasteiger partial charge in [-0.05, 0) is 50.2 Å². The smallest absolute Gasteiger partial charge is 0.303 e. The molecular formula is C17H23NO3. The van der Waals surface area contributed by atoms with Crippen LogP contribution in [-0.4, -0.2) is 23.0 Å². The molecule has 4 nitrogen and oxygen atoms in total. The van der Waals surface area contributed by atoms with Gasteiger partial charge in [0.15, 0.2) is 0 Å². The summed E-state index contributed by atoms with van der Waals surface area (Å²) >= 11 is 0. The maximum Gasteiger partial charge on any atom is 0.303 e. The summed E-state index contributed by atoms with van der Waals surface area (Å²) in [4.78, 5) is 22.8. The number of hydrogen-bond acceptors (Lipinski definition) is 2. The lowest BCUT2D eigenvalue weighted by Crippen LogP contribution is -2.39. The molecule has 0 aliphatic heterocycles. The Hall–Kier alpha value is -1.84. The van der Waals surface area contributed by atoms with Crippen molar-refractivity contribution in [3.8, 4) is 0 Å². The van der Waals surface area contributed by atoms with Gasteiger partial charge >= 0.3 is 5.97 Å². The SMILES string of the molecule is CC(CCCC(=O)O)NC(=O)C1CCc2ccccc2C1. The summed E-state index contributed by atoms with van der Waals surface area (Å²) in [6.07, 6.45) is 4.14. The zero-order chi connectivity index (χ0) is 15.2. The van der Waals surface area contributed by atoms with Crippen LogP contribution in [0.3, 0.4) is 0 Å². The Bertz CT molecular complexity index is 513. The molecule has 1 aromatic rings. The van der Waals surface area contributed by atoms with Crippen molar-refractivity contribution in [3.05, 3.63) is 35.4 Å². The van der Waals surface area contributed by atoms with Crippen LogP contribution < -0.4 is 5.32 Å². The summed E-state index contributed by atoms with van der Waals surface area (Å²) in [5.74, 6) is -0.633. The molecule has 1 amide bonds. The number of aryl methyl sites for hydroxylation is 1. The molecule has 0 bridgehead atoms. The molecule has 1 aromatic carbocycles. The second kappa shape index (κ2) is 7.25. The average Bonchev–Trinajstić information content (AvgIpc) is 2.46. The molecule has 1 aliphatic rings. The number of hydrogen-bond donors (Lipinski definition) is 2. The van der Waals surface area contributed by atoms with Gasteiger partial charge in [0, 0.05) is 18.4 Å². The molecule has 0 saturated heterocycles. The summed E-state index contributed by atoms with van der Waals surface area (Å²) in [5, 5.41) is 11.6. The first-order valence-electron chi connectivity index (χ1n) is 7.65. The van der Waals surface area contributed by atoms with Gasteiger partial charge in [-0.15, -0.1) is 0 Å². The van der Waals surface area contributed by atoms with Crippen LogP contribution in [0.1, 0.15) is 43.7 Å². The van der Waals surface area contributed by atoms with Gasteiger partial charge in [-0.25, -0.2) is 0 Å². The zero-order valence-corrected chi connectivity index (χ0v) is 12.5. The number of carbonyl (C=O) groups is 2. The molecule has 0 radical (unpaired) electrons. The van der Waals surface area contributed by atoms with Gasteiger partial charge in [0.1, 0.15) is 0 Å². The fraction of sp³-hybridized carbons (Fsp3) is 0.529. The van der Waals surface area contributed by atoms with Crippen molar-refractivity contribution in [3.63, 3.8) is 0 Å². The molecule has 2 N–H and O–H groups in total. The Kier molecular flexibility index (Phi) is 5.37. The second-order valence-corrected chi connectivity index (χ2v) is 5.90. The highest BCUT2D eigenvalue weighted by Gasteiger charge is 2.25. The Morgan fingerprint density at radius 2 is 2.05 bits per heavy atom. The average molecular weight is 289 g/mol. The fourth-order valence-electron chi connectivity index (χ4n) is 2.91. The summed E-state index contributed by atoms with van der Waals surface area (Å²) in [7, 11) is 0. The van der Waals surface area contributed by atoms with Crippen molar-refractivity contribution >= 4 is 11.9 Å². The summed E-state index contributed by atoms with van der Waals surface area (Å²) in [6.45, 7) is 1.94. The molecule has 2 atom stereocenters. The number of carboxylic acid groups (broad SMARTS) is 1. The quantitative estimate of drug-likeness (QED) is 0.845. The highest BCUT2D eigenvalue weighted by Crippen LogP contribution is 2.25. The largest absolute Gasteiger partial charge is 0.481 e. The van der Waals surface area contributed by atoms with E-state index in [0.29, 0.717) is 12.8 Å². The van der Waals surface area contributed by atoms with Crippen molar-refractivity contribution < 1.29 is 14.7 Å². The van der Waals surface area contributed by atoms with Crippen LogP contribution in [-0.2, 0) is 22.4 Å². The van der Waals surface area contributed by atoms with Crippen LogP contribution in [0.5, 0.6) is 0 Å². The summed E-state index contributed by atoms with van der Waals surface area (Å²) in [5.41, 5.74) is 2.64. The minimum absolute atomic E-state index is 0.0361. The highest BCUT2D eigenvalue weighted by molar-refractivity contribution is 5.79. The lowest BCUT2D eigenvalue weighted by atomic mass is 9.83. The van der Waals surface area contributed by atoms with Gasteiger partial charge in [0.05, 0.1) is 0 Å². The van der Waals surface area contributed by atoms with E-state index in [1.165, 1.54) is 11.1 Å². The van der Waals surface area contributed by atoms with Crippen LogP contribution in [0.4, 0.5) is 0 Å². The maximum absolute atomic E-state index is 12.3. The minimum Gasteiger partial charge on any atom is -0.481 e. The number of benzene rings is 1. The number of carboxylic acids is 1. The first kappa shape index (κ1) is 15.5. The van der Waals surface area contributed by atoms with E-state index in [0.717, 1.165) is 19.3 Å². The lowest BCUT2D eigenvalue weighted by molar-refractivity contribution is -0.137. The van der Waals surface area contributed by atoms with Crippen molar-refractivity contribution in [1.29, 1.82) is 0 Å². The number of aliphatic carboxylic acids is 1. The van der Waals surface area contributed by atoms with Gasteiger partial charge in [0.2, 0.25) is 5.91 Å². The topological polar surface area (TPSA) is 66.4 Å². The highest BCUT2D eigenvalue weighted by atomic mass is 16.4.